The highest BCUT2D eigenvalue weighted by atomic mass is 32.1. The Balaban J connectivity index is 1.44. The Labute approximate surface area is 165 Å². The summed E-state index contributed by atoms with van der Waals surface area (Å²) in [6.45, 7) is 2.06. The minimum atomic E-state index is -0.0858. The Morgan fingerprint density at radius 3 is 2.78 bits per heavy atom. The molecule has 3 aromatic rings. The number of thiophene rings is 2. The van der Waals surface area contributed by atoms with Crippen molar-refractivity contribution in [2.75, 3.05) is 13.1 Å². The summed E-state index contributed by atoms with van der Waals surface area (Å²) in [4.78, 5) is 29.0. The van der Waals surface area contributed by atoms with E-state index < -0.39 is 0 Å². The zero-order valence-corrected chi connectivity index (χ0v) is 16.5. The molecule has 0 spiro atoms. The molecular formula is C20H21N3O2S2. The van der Waals surface area contributed by atoms with Gasteiger partial charge in [0.05, 0.1) is 11.3 Å². The first kappa shape index (κ1) is 18.1. The summed E-state index contributed by atoms with van der Waals surface area (Å²) >= 11 is 3.23. The van der Waals surface area contributed by atoms with E-state index >= 15 is 0 Å². The van der Waals surface area contributed by atoms with Gasteiger partial charge >= 0.3 is 0 Å². The van der Waals surface area contributed by atoms with Crippen molar-refractivity contribution in [3.63, 3.8) is 0 Å². The third kappa shape index (κ3) is 4.36. The van der Waals surface area contributed by atoms with Crippen LogP contribution in [0.25, 0.3) is 10.6 Å². The Bertz CT molecular complexity index is 948. The summed E-state index contributed by atoms with van der Waals surface area (Å²) in [5.74, 6) is 0.435. The zero-order chi connectivity index (χ0) is 18.6. The summed E-state index contributed by atoms with van der Waals surface area (Å²) in [6.07, 6.45) is 2.46. The van der Waals surface area contributed by atoms with Gasteiger partial charge in [-0.15, -0.1) is 22.7 Å². The minimum absolute atomic E-state index is 0.0858. The van der Waals surface area contributed by atoms with Crippen molar-refractivity contribution in [3.8, 4) is 10.6 Å². The topological polar surface area (TPSA) is 55.2 Å². The maximum Gasteiger partial charge on any atom is 0.266 e. The number of nitrogens with zero attached hydrogens (tertiary/aromatic N) is 3. The van der Waals surface area contributed by atoms with Crippen molar-refractivity contribution in [1.82, 2.24) is 14.7 Å². The van der Waals surface area contributed by atoms with Crippen molar-refractivity contribution in [3.05, 3.63) is 62.4 Å². The van der Waals surface area contributed by atoms with Crippen molar-refractivity contribution in [2.24, 2.45) is 5.92 Å². The van der Waals surface area contributed by atoms with Crippen LogP contribution < -0.4 is 5.56 Å². The number of aromatic nitrogens is 2. The van der Waals surface area contributed by atoms with Crippen LogP contribution in [-0.2, 0) is 17.8 Å². The first-order chi connectivity index (χ1) is 13.2. The molecule has 1 fully saturated rings. The summed E-state index contributed by atoms with van der Waals surface area (Å²) in [5.41, 5.74) is 0.739. The van der Waals surface area contributed by atoms with E-state index in [1.165, 1.54) is 0 Å². The molecule has 1 atom stereocenters. The molecule has 140 valence electrons. The third-order valence-electron chi connectivity index (χ3n) is 4.85. The Kier molecular flexibility index (Phi) is 5.50. The molecular weight excluding hydrogens is 378 g/mol. The highest BCUT2D eigenvalue weighted by molar-refractivity contribution is 7.13. The molecule has 4 heterocycles. The van der Waals surface area contributed by atoms with Crippen LogP contribution in [0.2, 0.25) is 0 Å². The lowest BCUT2D eigenvalue weighted by atomic mass is 9.97. The standard InChI is InChI=1S/C20H21N3O2S2/c24-19-8-7-17(18-6-3-11-27-18)21-23(19)14-15-4-1-9-22(13-15)20(25)12-16-5-2-10-26-16/h2-3,5-8,10-11,15H,1,4,9,12-14H2/t15-/m0/s1. The van der Waals surface area contributed by atoms with Gasteiger partial charge in [0.25, 0.3) is 5.56 Å². The van der Waals surface area contributed by atoms with Gasteiger partial charge < -0.3 is 4.90 Å². The SMILES string of the molecule is O=C(Cc1cccs1)N1CCC[C@H](Cn2nc(-c3cccs3)ccc2=O)C1. The molecule has 0 unspecified atom stereocenters. The number of likely N-dealkylation sites (tertiary alicyclic amines) is 1. The van der Waals surface area contributed by atoms with E-state index in [2.05, 4.69) is 5.10 Å². The number of amides is 1. The second-order valence-electron chi connectivity index (χ2n) is 6.82. The molecule has 0 saturated carbocycles. The maximum atomic E-state index is 12.6. The van der Waals surface area contributed by atoms with E-state index in [9.17, 15) is 9.59 Å². The fourth-order valence-corrected chi connectivity index (χ4v) is 4.88. The molecule has 0 aromatic carbocycles. The zero-order valence-electron chi connectivity index (χ0n) is 14.9. The third-order valence-corrected chi connectivity index (χ3v) is 6.62. The van der Waals surface area contributed by atoms with Crippen LogP contribution in [-0.4, -0.2) is 33.7 Å². The normalized spacial score (nSPS) is 17.2. The highest BCUT2D eigenvalue weighted by Crippen LogP contribution is 2.23. The van der Waals surface area contributed by atoms with E-state index in [1.54, 1.807) is 39.5 Å². The molecule has 27 heavy (non-hydrogen) atoms. The van der Waals surface area contributed by atoms with Crippen LogP contribution in [0.1, 0.15) is 17.7 Å². The molecule has 7 heteroatoms. The van der Waals surface area contributed by atoms with Gasteiger partial charge in [-0.1, -0.05) is 12.1 Å². The number of piperidine rings is 1. The number of rotatable bonds is 5. The van der Waals surface area contributed by atoms with Crippen LogP contribution in [0.4, 0.5) is 0 Å². The highest BCUT2D eigenvalue weighted by Gasteiger charge is 2.24. The van der Waals surface area contributed by atoms with E-state index in [0.29, 0.717) is 19.5 Å². The molecule has 0 aliphatic carbocycles. The van der Waals surface area contributed by atoms with Gasteiger partial charge in [-0.3, -0.25) is 9.59 Å². The maximum absolute atomic E-state index is 12.6. The van der Waals surface area contributed by atoms with Crippen molar-refractivity contribution < 1.29 is 4.79 Å². The number of hydrogen-bond acceptors (Lipinski definition) is 5. The molecule has 3 aromatic heterocycles. The predicted octanol–water partition coefficient (Wildman–Crippen LogP) is 3.51. The Hall–Kier alpha value is -2.25. The lowest BCUT2D eigenvalue weighted by Crippen LogP contribution is -2.42. The average molecular weight is 400 g/mol. The van der Waals surface area contributed by atoms with Crippen molar-refractivity contribution in [1.29, 1.82) is 0 Å². The van der Waals surface area contributed by atoms with Crippen LogP contribution >= 0.6 is 22.7 Å². The fraction of sp³-hybridized carbons (Fsp3) is 0.350. The average Bonchev–Trinajstić information content (AvgIpc) is 3.38. The van der Waals surface area contributed by atoms with E-state index in [-0.39, 0.29) is 17.4 Å². The molecule has 0 bridgehead atoms. The summed E-state index contributed by atoms with van der Waals surface area (Å²) in [7, 11) is 0. The number of hydrogen-bond donors (Lipinski definition) is 0. The predicted molar refractivity (Wildman–Crippen MR) is 109 cm³/mol. The fourth-order valence-electron chi connectivity index (χ4n) is 3.49. The second kappa shape index (κ2) is 8.19. The van der Waals surface area contributed by atoms with Gasteiger partial charge in [-0.25, -0.2) is 4.68 Å². The molecule has 1 saturated heterocycles. The first-order valence-corrected chi connectivity index (χ1v) is 10.9. The van der Waals surface area contributed by atoms with Gasteiger partial charge in [0.15, 0.2) is 0 Å². The van der Waals surface area contributed by atoms with E-state index in [1.807, 2.05) is 39.9 Å². The second-order valence-corrected chi connectivity index (χ2v) is 8.80. The lowest BCUT2D eigenvalue weighted by molar-refractivity contribution is -0.132. The quantitative estimate of drug-likeness (QED) is 0.660. The van der Waals surface area contributed by atoms with Gasteiger partial charge in [0.2, 0.25) is 5.91 Å². The Morgan fingerprint density at radius 1 is 1.15 bits per heavy atom. The van der Waals surface area contributed by atoms with Crippen LogP contribution in [0, 0.1) is 5.92 Å². The lowest BCUT2D eigenvalue weighted by Gasteiger charge is -2.32. The molecule has 5 nitrogen and oxygen atoms in total. The van der Waals surface area contributed by atoms with Crippen molar-refractivity contribution >= 4 is 28.6 Å². The molecule has 0 N–H and O–H groups in total. The number of carbonyl (C=O) groups excluding carboxylic acids is 1. The largest absolute Gasteiger partial charge is 0.342 e. The molecule has 1 aliphatic rings. The first-order valence-electron chi connectivity index (χ1n) is 9.11. The van der Waals surface area contributed by atoms with Gasteiger partial charge in [-0.05, 0) is 47.7 Å². The van der Waals surface area contributed by atoms with Crippen LogP contribution in [0.3, 0.4) is 0 Å². The summed E-state index contributed by atoms with van der Waals surface area (Å²) < 4.78 is 1.56. The summed E-state index contributed by atoms with van der Waals surface area (Å²) in [6, 6.07) is 11.3. The Morgan fingerprint density at radius 2 is 2.00 bits per heavy atom. The molecule has 0 radical (unpaired) electrons. The van der Waals surface area contributed by atoms with Gasteiger partial charge in [0.1, 0.15) is 5.69 Å². The molecule has 1 aliphatic heterocycles. The van der Waals surface area contributed by atoms with Crippen molar-refractivity contribution in [2.45, 2.75) is 25.8 Å². The monoisotopic (exact) mass is 399 g/mol. The smallest absolute Gasteiger partial charge is 0.266 e. The van der Waals surface area contributed by atoms with Gasteiger partial charge in [0, 0.05) is 30.6 Å². The molecule has 1 amide bonds. The van der Waals surface area contributed by atoms with E-state index in [0.717, 1.165) is 34.8 Å². The number of carbonyl (C=O) groups is 1. The van der Waals surface area contributed by atoms with Crippen LogP contribution in [0.5, 0.6) is 0 Å². The summed E-state index contributed by atoms with van der Waals surface area (Å²) in [5, 5.41) is 8.56. The molecule has 4 rings (SSSR count). The van der Waals surface area contributed by atoms with Crippen LogP contribution in [0.15, 0.2) is 52.0 Å². The van der Waals surface area contributed by atoms with E-state index in [4.69, 9.17) is 0 Å². The van der Waals surface area contributed by atoms with Gasteiger partial charge in [-0.2, -0.15) is 5.10 Å². The minimum Gasteiger partial charge on any atom is -0.342 e.